The Balaban J connectivity index is 1.41. The molecule has 0 amide bonds. The summed E-state index contributed by atoms with van der Waals surface area (Å²) in [4.78, 5) is 6.20. The molecule has 2 aliphatic carbocycles. The molecule has 1 aliphatic heterocycles. The largest absolute Gasteiger partial charge is 0.507 e. The maximum absolute atomic E-state index is 11.7. The molecule has 4 heteroatoms. The van der Waals surface area contributed by atoms with Gasteiger partial charge in [-0.05, 0) is 106 Å². The maximum Gasteiger partial charge on any atom is 0.187 e. The van der Waals surface area contributed by atoms with E-state index < -0.39 is 0 Å². The third-order valence-corrected chi connectivity index (χ3v) is 9.97. The maximum atomic E-state index is 11.7. The van der Waals surface area contributed by atoms with Crippen LogP contribution < -0.4 is 4.90 Å². The first-order chi connectivity index (χ1) is 20.0. The number of hydrogen-bond donors (Lipinski definition) is 1. The summed E-state index contributed by atoms with van der Waals surface area (Å²) in [5, 5.41) is 13.7. The third-order valence-electron chi connectivity index (χ3n) is 9.97. The molecular formula is C38H40N2O2. The van der Waals surface area contributed by atoms with E-state index in [1.807, 2.05) is 6.07 Å². The van der Waals surface area contributed by atoms with Gasteiger partial charge in [0.1, 0.15) is 5.75 Å². The van der Waals surface area contributed by atoms with Crippen LogP contribution in [-0.2, 0) is 10.2 Å². The standard InChI is InChI=1S/C38H40N2O2/c1-24-17-31-30(19-29(24)25-7-10-27(11-8-25)40-13-15-42-16-14-40)34(41)20-33-35(31)28-12-9-26(39-6)18-32(28)38(33)22-36(2,3)21-37(4,5)23-38/h7-12,17-20,41H,13-16,21-23H2,1-5H3. The molecule has 0 unspecified atom stereocenters. The van der Waals surface area contributed by atoms with Gasteiger partial charge in [0.2, 0.25) is 0 Å². The highest BCUT2D eigenvalue weighted by Crippen LogP contribution is 2.65. The van der Waals surface area contributed by atoms with E-state index in [1.54, 1.807) is 0 Å². The minimum absolute atomic E-state index is 0.131. The smallest absolute Gasteiger partial charge is 0.187 e. The number of aromatic hydroxyl groups is 1. The van der Waals surface area contributed by atoms with E-state index in [-0.39, 0.29) is 16.2 Å². The summed E-state index contributed by atoms with van der Waals surface area (Å²) in [5.41, 5.74) is 10.4. The van der Waals surface area contributed by atoms with Crippen LogP contribution in [-0.4, -0.2) is 31.4 Å². The number of benzene rings is 4. The predicted molar refractivity (Wildman–Crippen MR) is 173 cm³/mol. The highest BCUT2D eigenvalue weighted by Gasteiger charge is 2.53. The number of hydrogen-bond acceptors (Lipinski definition) is 3. The lowest BCUT2D eigenvalue weighted by Gasteiger charge is -2.52. The van der Waals surface area contributed by atoms with Crippen molar-refractivity contribution in [2.24, 2.45) is 10.8 Å². The summed E-state index contributed by atoms with van der Waals surface area (Å²) in [5.74, 6) is 0.341. The van der Waals surface area contributed by atoms with Gasteiger partial charge in [-0.3, -0.25) is 0 Å². The van der Waals surface area contributed by atoms with Gasteiger partial charge in [-0.2, -0.15) is 0 Å². The Morgan fingerprint density at radius 3 is 2.14 bits per heavy atom. The number of anilines is 1. The average Bonchev–Trinajstić information content (AvgIpc) is 3.19. The van der Waals surface area contributed by atoms with Gasteiger partial charge >= 0.3 is 0 Å². The van der Waals surface area contributed by atoms with Crippen LogP contribution in [0.5, 0.6) is 5.75 Å². The van der Waals surface area contributed by atoms with E-state index in [0.717, 1.165) is 67.5 Å². The molecular weight excluding hydrogens is 516 g/mol. The quantitative estimate of drug-likeness (QED) is 0.250. The molecule has 7 rings (SSSR count). The third kappa shape index (κ3) is 4.21. The van der Waals surface area contributed by atoms with Gasteiger partial charge < -0.3 is 14.7 Å². The zero-order valence-electron chi connectivity index (χ0n) is 25.5. The predicted octanol–water partition coefficient (Wildman–Crippen LogP) is 9.41. The molecule has 3 aliphatic rings. The van der Waals surface area contributed by atoms with Crippen molar-refractivity contribution in [1.29, 1.82) is 0 Å². The van der Waals surface area contributed by atoms with Crippen LogP contribution in [0.15, 0.2) is 60.7 Å². The lowest BCUT2D eigenvalue weighted by Crippen LogP contribution is -2.43. The van der Waals surface area contributed by atoms with Crippen LogP contribution in [0, 0.1) is 24.3 Å². The highest BCUT2D eigenvalue weighted by molar-refractivity contribution is 6.07. The molecule has 2 fully saturated rings. The first-order valence-electron chi connectivity index (χ1n) is 15.3. The Labute approximate surface area is 249 Å². The van der Waals surface area contributed by atoms with Gasteiger partial charge in [-0.15, -0.1) is 0 Å². The number of morpholine rings is 1. The summed E-state index contributed by atoms with van der Waals surface area (Å²) in [6, 6.07) is 21.6. The number of aryl methyl sites for hydroxylation is 1. The number of fused-ring (bicyclic) bond motifs is 7. The zero-order chi connectivity index (χ0) is 29.4. The minimum atomic E-state index is -0.232. The Bertz CT molecular complexity index is 1750. The Morgan fingerprint density at radius 1 is 0.786 bits per heavy atom. The molecule has 214 valence electrons. The van der Waals surface area contributed by atoms with E-state index in [2.05, 4.69) is 99.0 Å². The van der Waals surface area contributed by atoms with Crippen molar-refractivity contribution < 1.29 is 9.84 Å². The number of nitrogens with zero attached hydrogens (tertiary/aromatic N) is 2. The van der Waals surface area contributed by atoms with Gasteiger partial charge in [0, 0.05) is 29.6 Å². The van der Waals surface area contributed by atoms with Gasteiger partial charge in [0.15, 0.2) is 5.69 Å². The summed E-state index contributed by atoms with van der Waals surface area (Å²) in [6.45, 7) is 22.9. The van der Waals surface area contributed by atoms with E-state index in [1.165, 1.54) is 33.5 Å². The number of phenolic OH excluding ortho intramolecular Hbond substituents is 1. The normalized spacial score (nSPS) is 19.9. The molecule has 4 aromatic carbocycles. The molecule has 1 N–H and O–H groups in total. The molecule has 42 heavy (non-hydrogen) atoms. The van der Waals surface area contributed by atoms with Crippen molar-refractivity contribution in [3.05, 3.63) is 88.8 Å². The second-order valence-electron chi connectivity index (χ2n) is 14.5. The SMILES string of the molecule is [C-]#[N+]c1ccc2c(c1)C1(CC(C)(C)CC(C)(C)C1)c1cc(O)c3cc(-c4ccc(N5CCOCC5)cc4)c(C)cc3c1-2. The molecule has 1 spiro atoms. The second-order valence-corrected chi connectivity index (χ2v) is 14.5. The van der Waals surface area contributed by atoms with Crippen molar-refractivity contribution in [3.63, 3.8) is 0 Å². The van der Waals surface area contributed by atoms with Gasteiger partial charge in [0.25, 0.3) is 0 Å². The lowest BCUT2D eigenvalue weighted by atomic mass is 9.52. The molecule has 1 saturated heterocycles. The number of rotatable bonds is 2. The van der Waals surface area contributed by atoms with Crippen molar-refractivity contribution in [2.45, 2.75) is 59.3 Å². The van der Waals surface area contributed by atoms with E-state index in [9.17, 15) is 5.11 Å². The van der Waals surface area contributed by atoms with Crippen molar-refractivity contribution in [2.75, 3.05) is 31.2 Å². The fourth-order valence-corrected chi connectivity index (χ4v) is 9.07. The van der Waals surface area contributed by atoms with Gasteiger partial charge in [-0.1, -0.05) is 64.1 Å². The van der Waals surface area contributed by atoms with E-state index >= 15 is 0 Å². The fraction of sp³-hybridized carbons (Fsp3) is 0.395. The van der Waals surface area contributed by atoms with Crippen LogP contribution >= 0.6 is 0 Å². The minimum Gasteiger partial charge on any atom is -0.507 e. The van der Waals surface area contributed by atoms with Crippen LogP contribution in [0.1, 0.15) is 63.6 Å². The number of phenols is 1. The fourth-order valence-electron chi connectivity index (χ4n) is 9.07. The van der Waals surface area contributed by atoms with Crippen molar-refractivity contribution >= 4 is 22.1 Å². The molecule has 4 aromatic rings. The van der Waals surface area contributed by atoms with Gasteiger partial charge in [-0.25, -0.2) is 4.85 Å². The summed E-state index contributed by atoms with van der Waals surface area (Å²) in [6.07, 6.45) is 3.16. The lowest BCUT2D eigenvalue weighted by molar-refractivity contribution is 0.0645. The van der Waals surface area contributed by atoms with E-state index in [4.69, 9.17) is 11.3 Å². The topological polar surface area (TPSA) is 37.1 Å². The van der Waals surface area contributed by atoms with Crippen LogP contribution in [0.4, 0.5) is 11.4 Å². The summed E-state index contributed by atoms with van der Waals surface area (Å²) in [7, 11) is 0. The molecule has 0 radical (unpaired) electrons. The zero-order valence-corrected chi connectivity index (χ0v) is 25.5. The number of ether oxygens (including phenoxy) is 1. The summed E-state index contributed by atoms with van der Waals surface area (Å²) < 4.78 is 5.53. The Morgan fingerprint density at radius 2 is 1.48 bits per heavy atom. The average molecular weight is 557 g/mol. The van der Waals surface area contributed by atoms with Gasteiger partial charge in [0.05, 0.1) is 19.8 Å². The molecule has 0 aromatic heterocycles. The highest BCUT2D eigenvalue weighted by atomic mass is 16.5. The van der Waals surface area contributed by atoms with E-state index in [0.29, 0.717) is 11.4 Å². The second kappa shape index (κ2) is 9.35. The van der Waals surface area contributed by atoms with Crippen LogP contribution in [0.2, 0.25) is 0 Å². The van der Waals surface area contributed by atoms with Crippen molar-refractivity contribution in [1.82, 2.24) is 0 Å². The first kappa shape index (κ1) is 27.0. The van der Waals surface area contributed by atoms with Crippen LogP contribution in [0.25, 0.3) is 37.9 Å². The molecule has 0 atom stereocenters. The molecule has 4 nitrogen and oxygen atoms in total. The van der Waals surface area contributed by atoms with Crippen LogP contribution in [0.3, 0.4) is 0 Å². The first-order valence-corrected chi connectivity index (χ1v) is 15.3. The Hall–Kier alpha value is -3.81. The molecule has 1 heterocycles. The summed E-state index contributed by atoms with van der Waals surface area (Å²) >= 11 is 0. The molecule has 0 bridgehead atoms. The van der Waals surface area contributed by atoms with Crippen molar-refractivity contribution in [3.8, 4) is 28.0 Å². The monoisotopic (exact) mass is 556 g/mol. The molecule has 1 saturated carbocycles. The Kier molecular flexibility index (Phi) is 6.02.